The standard InChI is InChI=1S/C18H22N2O/c1-15-18(17-10-6-3-7-11-17)21-13-12-20(15)19-14-16-8-4-2-5-9-16/h2-11,15,18-19H,12-14H2,1H3/t15-,18+/m1/s1. The molecule has 0 amide bonds. The monoisotopic (exact) mass is 282 g/mol. The minimum atomic E-state index is 0.128. The zero-order valence-corrected chi connectivity index (χ0v) is 12.4. The topological polar surface area (TPSA) is 24.5 Å². The predicted molar refractivity (Wildman–Crippen MR) is 84.6 cm³/mol. The Bertz CT molecular complexity index is 544. The predicted octanol–water partition coefficient (Wildman–Crippen LogP) is 3.15. The molecule has 0 aliphatic carbocycles. The Labute approximate surface area is 126 Å². The first-order valence-corrected chi connectivity index (χ1v) is 7.55. The normalized spacial score (nSPS) is 23.1. The fourth-order valence-corrected chi connectivity index (χ4v) is 2.81. The highest BCUT2D eigenvalue weighted by Crippen LogP contribution is 2.27. The number of rotatable bonds is 4. The summed E-state index contributed by atoms with van der Waals surface area (Å²) >= 11 is 0. The molecule has 0 saturated carbocycles. The molecule has 1 aliphatic rings. The second-order valence-electron chi connectivity index (χ2n) is 5.46. The van der Waals surface area contributed by atoms with Crippen molar-refractivity contribution in [3.63, 3.8) is 0 Å². The smallest absolute Gasteiger partial charge is 0.0991 e. The van der Waals surface area contributed by atoms with Gasteiger partial charge in [0, 0.05) is 13.1 Å². The molecule has 1 saturated heterocycles. The van der Waals surface area contributed by atoms with Crippen molar-refractivity contribution >= 4 is 0 Å². The van der Waals surface area contributed by atoms with Gasteiger partial charge in [-0.15, -0.1) is 0 Å². The van der Waals surface area contributed by atoms with Crippen molar-refractivity contribution in [2.75, 3.05) is 13.2 Å². The van der Waals surface area contributed by atoms with Gasteiger partial charge in [-0.3, -0.25) is 5.43 Å². The van der Waals surface area contributed by atoms with E-state index in [1.165, 1.54) is 11.1 Å². The molecule has 0 aromatic heterocycles. The van der Waals surface area contributed by atoms with E-state index in [9.17, 15) is 0 Å². The van der Waals surface area contributed by atoms with Gasteiger partial charge in [0.15, 0.2) is 0 Å². The van der Waals surface area contributed by atoms with Crippen LogP contribution in [0.5, 0.6) is 0 Å². The van der Waals surface area contributed by atoms with E-state index in [1.54, 1.807) is 0 Å². The van der Waals surface area contributed by atoms with E-state index in [0.717, 1.165) is 19.7 Å². The van der Waals surface area contributed by atoms with Crippen LogP contribution in [0.4, 0.5) is 0 Å². The largest absolute Gasteiger partial charge is 0.370 e. The average molecular weight is 282 g/mol. The van der Waals surface area contributed by atoms with Crippen molar-refractivity contribution < 1.29 is 4.74 Å². The maximum absolute atomic E-state index is 5.98. The molecular formula is C18H22N2O. The fourth-order valence-electron chi connectivity index (χ4n) is 2.81. The summed E-state index contributed by atoms with van der Waals surface area (Å²) in [6.45, 7) is 4.74. The van der Waals surface area contributed by atoms with Crippen molar-refractivity contribution in [3.05, 3.63) is 71.8 Å². The summed E-state index contributed by atoms with van der Waals surface area (Å²) in [5.41, 5.74) is 6.09. The van der Waals surface area contributed by atoms with Gasteiger partial charge in [0.1, 0.15) is 0 Å². The highest BCUT2D eigenvalue weighted by atomic mass is 16.5. The van der Waals surface area contributed by atoms with Crippen LogP contribution in [0.15, 0.2) is 60.7 Å². The van der Waals surface area contributed by atoms with Gasteiger partial charge in [-0.2, -0.15) is 0 Å². The van der Waals surface area contributed by atoms with Crippen molar-refractivity contribution in [1.29, 1.82) is 0 Å². The minimum Gasteiger partial charge on any atom is -0.370 e. The lowest BCUT2D eigenvalue weighted by molar-refractivity contribution is -0.0880. The van der Waals surface area contributed by atoms with Crippen LogP contribution in [0.1, 0.15) is 24.2 Å². The zero-order valence-electron chi connectivity index (χ0n) is 12.4. The summed E-state index contributed by atoms with van der Waals surface area (Å²) in [6, 6.07) is 21.3. The van der Waals surface area contributed by atoms with E-state index >= 15 is 0 Å². The van der Waals surface area contributed by atoms with E-state index in [1.807, 2.05) is 12.1 Å². The van der Waals surface area contributed by atoms with E-state index in [0.29, 0.717) is 6.04 Å². The molecule has 1 N–H and O–H groups in total. The number of hydrazine groups is 1. The highest BCUT2D eigenvalue weighted by Gasteiger charge is 2.29. The summed E-state index contributed by atoms with van der Waals surface area (Å²) in [5.74, 6) is 0. The number of hydrogen-bond acceptors (Lipinski definition) is 3. The van der Waals surface area contributed by atoms with Crippen LogP contribution in [0.25, 0.3) is 0 Å². The van der Waals surface area contributed by atoms with Gasteiger partial charge in [0.25, 0.3) is 0 Å². The van der Waals surface area contributed by atoms with Crippen LogP contribution in [0.3, 0.4) is 0 Å². The second kappa shape index (κ2) is 6.85. The molecule has 3 nitrogen and oxygen atoms in total. The first kappa shape index (κ1) is 14.3. The molecule has 110 valence electrons. The molecule has 0 unspecified atom stereocenters. The quantitative estimate of drug-likeness (QED) is 0.932. The first-order chi connectivity index (χ1) is 10.3. The van der Waals surface area contributed by atoms with Gasteiger partial charge in [-0.1, -0.05) is 60.7 Å². The van der Waals surface area contributed by atoms with Gasteiger partial charge in [0.2, 0.25) is 0 Å². The average Bonchev–Trinajstić information content (AvgIpc) is 2.56. The Kier molecular flexibility index (Phi) is 4.65. The van der Waals surface area contributed by atoms with Crippen LogP contribution in [-0.4, -0.2) is 24.2 Å². The number of ether oxygens (including phenoxy) is 1. The lowest BCUT2D eigenvalue weighted by atomic mass is 10.0. The van der Waals surface area contributed by atoms with Crippen molar-refractivity contribution in [1.82, 2.24) is 10.4 Å². The Morgan fingerprint density at radius 2 is 1.71 bits per heavy atom. The van der Waals surface area contributed by atoms with Crippen LogP contribution in [0.2, 0.25) is 0 Å². The van der Waals surface area contributed by atoms with Crippen LogP contribution in [-0.2, 0) is 11.3 Å². The Morgan fingerprint density at radius 3 is 2.43 bits per heavy atom. The SMILES string of the molecule is C[C@@H]1[C@@H](c2ccccc2)OCCN1NCc1ccccc1. The zero-order chi connectivity index (χ0) is 14.5. The van der Waals surface area contributed by atoms with Crippen molar-refractivity contribution in [2.45, 2.75) is 25.6 Å². The Hall–Kier alpha value is -1.68. The summed E-state index contributed by atoms with van der Waals surface area (Å²) in [6.07, 6.45) is 0.128. The van der Waals surface area contributed by atoms with Crippen LogP contribution >= 0.6 is 0 Å². The third kappa shape index (κ3) is 3.50. The number of nitrogens with one attached hydrogen (secondary N) is 1. The molecule has 2 atom stereocenters. The fraction of sp³-hybridized carbons (Fsp3) is 0.333. The molecule has 0 bridgehead atoms. The molecule has 1 aliphatic heterocycles. The maximum Gasteiger partial charge on any atom is 0.0991 e. The third-order valence-electron chi connectivity index (χ3n) is 4.02. The molecule has 0 radical (unpaired) electrons. The molecule has 2 aromatic rings. The summed E-state index contributed by atoms with van der Waals surface area (Å²) in [4.78, 5) is 0. The second-order valence-corrected chi connectivity index (χ2v) is 5.46. The molecule has 3 rings (SSSR count). The lowest BCUT2D eigenvalue weighted by Gasteiger charge is -2.39. The first-order valence-electron chi connectivity index (χ1n) is 7.55. The van der Waals surface area contributed by atoms with Crippen molar-refractivity contribution in [2.24, 2.45) is 0 Å². The summed E-state index contributed by atoms with van der Waals surface area (Å²) < 4.78 is 5.98. The molecule has 1 fully saturated rings. The molecular weight excluding hydrogens is 260 g/mol. The molecule has 21 heavy (non-hydrogen) atoms. The van der Waals surface area contributed by atoms with Gasteiger partial charge in [0.05, 0.1) is 18.8 Å². The van der Waals surface area contributed by atoms with Crippen LogP contribution in [0, 0.1) is 0 Å². The van der Waals surface area contributed by atoms with E-state index < -0.39 is 0 Å². The van der Waals surface area contributed by atoms with Gasteiger partial charge in [-0.25, -0.2) is 5.01 Å². The summed E-state index contributed by atoms with van der Waals surface area (Å²) in [5, 5.41) is 2.30. The molecule has 0 spiro atoms. The molecule has 2 aromatic carbocycles. The highest BCUT2D eigenvalue weighted by molar-refractivity contribution is 5.19. The van der Waals surface area contributed by atoms with E-state index in [-0.39, 0.29) is 6.10 Å². The third-order valence-corrected chi connectivity index (χ3v) is 4.02. The van der Waals surface area contributed by atoms with Gasteiger partial charge < -0.3 is 4.74 Å². The Balaban J connectivity index is 1.64. The van der Waals surface area contributed by atoms with Gasteiger partial charge >= 0.3 is 0 Å². The Morgan fingerprint density at radius 1 is 1.05 bits per heavy atom. The number of morpholine rings is 1. The van der Waals surface area contributed by atoms with E-state index in [2.05, 4.69) is 65.9 Å². The number of nitrogens with zero attached hydrogens (tertiary/aromatic N) is 1. The van der Waals surface area contributed by atoms with Gasteiger partial charge in [-0.05, 0) is 18.1 Å². The maximum atomic E-state index is 5.98. The van der Waals surface area contributed by atoms with E-state index in [4.69, 9.17) is 4.74 Å². The molecule has 1 heterocycles. The van der Waals surface area contributed by atoms with Crippen molar-refractivity contribution in [3.8, 4) is 0 Å². The lowest BCUT2D eigenvalue weighted by Crippen LogP contribution is -2.52. The summed E-state index contributed by atoms with van der Waals surface area (Å²) in [7, 11) is 0. The molecule has 3 heteroatoms. The van der Waals surface area contributed by atoms with Crippen LogP contribution < -0.4 is 5.43 Å². The number of benzene rings is 2. The minimum absolute atomic E-state index is 0.128. The number of hydrogen-bond donors (Lipinski definition) is 1.